The van der Waals surface area contributed by atoms with Crippen LogP contribution in [0, 0.1) is 4.91 Å². The van der Waals surface area contributed by atoms with E-state index in [-0.39, 0.29) is 6.10 Å². The molecule has 0 radical (unpaired) electrons. The molecule has 1 rings (SSSR count). The van der Waals surface area contributed by atoms with Crippen molar-refractivity contribution in [2.24, 2.45) is 5.34 Å². The number of unbranched alkanes of at least 4 members (excludes halogenated alkanes) is 3. The van der Waals surface area contributed by atoms with Crippen LogP contribution >= 0.6 is 0 Å². The lowest BCUT2D eigenvalue weighted by molar-refractivity contribution is 0.0607. The predicted molar refractivity (Wildman–Crippen MR) is 77.0 cm³/mol. The Morgan fingerprint density at radius 2 is 1.95 bits per heavy atom. The Bertz CT molecular complexity index is 307. The van der Waals surface area contributed by atoms with E-state index in [4.69, 9.17) is 5.21 Å². The smallest absolute Gasteiger partial charge is 0.155 e. The van der Waals surface area contributed by atoms with Gasteiger partial charge in [-0.3, -0.25) is 10.7 Å². The molecule has 0 fully saturated rings. The van der Waals surface area contributed by atoms with Crippen LogP contribution in [0.2, 0.25) is 0 Å². The highest BCUT2D eigenvalue weighted by Crippen LogP contribution is 2.07. The van der Waals surface area contributed by atoms with Crippen molar-refractivity contribution in [3.63, 3.8) is 0 Å². The molecular weight excluding hydrogens is 244 g/mol. The quantitative estimate of drug-likeness (QED) is 0.413. The largest absolute Gasteiger partial charge is 0.361 e. The van der Waals surface area contributed by atoms with Gasteiger partial charge in [-0.1, -0.05) is 44.4 Å². The zero-order chi connectivity index (χ0) is 14.3. The lowest BCUT2D eigenvalue weighted by Crippen LogP contribution is -2.02. The van der Waals surface area contributed by atoms with Crippen LogP contribution in [-0.2, 0) is 4.84 Å². The summed E-state index contributed by atoms with van der Waals surface area (Å²) < 4.78 is 0. The molecule has 1 unspecified atom stereocenters. The molecule has 0 aliphatic rings. The van der Waals surface area contributed by atoms with Crippen LogP contribution in [0.1, 0.15) is 46.0 Å². The average molecular weight is 268 g/mol. The molecule has 0 saturated carbocycles. The second kappa shape index (κ2) is 12.8. The molecule has 0 aromatic heterocycles. The molecule has 5 nitrogen and oxygen atoms in total. The van der Waals surface area contributed by atoms with E-state index < -0.39 is 0 Å². The van der Waals surface area contributed by atoms with Gasteiger partial charge in [-0.25, -0.2) is 0 Å². The molecule has 0 saturated heterocycles. The number of benzene rings is 1. The molecule has 19 heavy (non-hydrogen) atoms. The maximum absolute atomic E-state index is 9.63. The van der Waals surface area contributed by atoms with E-state index in [0.29, 0.717) is 5.69 Å². The fourth-order valence-electron chi connectivity index (χ4n) is 1.50. The molecule has 1 aromatic rings. The average Bonchev–Trinajstić information content (AvgIpc) is 2.45. The van der Waals surface area contributed by atoms with E-state index >= 15 is 0 Å². The van der Waals surface area contributed by atoms with Crippen LogP contribution in [0.25, 0.3) is 0 Å². The summed E-state index contributed by atoms with van der Waals surface area (Å²) in [6, 6.07) is 9.14. The maximum atomic E-state index is 9.63. The minimum absolute atomic E-state index is 0.00986. The number of hydrogen-bond acceptors (Lipinski definition) is 5. The van der Waals surface area contributed by atoms with Crippen molar-refractivity contribution in [2.45, 2.75) is 52.1 Å². The lowest BCUT2D eigenvalue weighted by Gasteiger charge is -2.05. The Hall–Kier alpha value is -1.62. The molecule has 108 valence electrons. The van der Waals surface area contributed by atoms with Gasteiger partial charge in [-0.05, 0) is 31.9 Å². The van der Waals surface area contributed by atoms with Crippen LogP contribution in [0.5, 0.6) is 0 Å². The topological polar surface area (TPSA) is 70.9 Å². The third-order valence-corrected chi connectivity index (χ3v) is 2.59. The number of para-hydroxylation sites is 1. The normalized spacial score (nSPS) is 10.9. The summed E-state index contributed by atoms with van der Waals surface area (Å²) >= 11 is 0. The van der Waals surface area contributed by atoms with Crippen molar-refractivity contribution >= 4 is 5.69 Å². The van der Waals surface area contributed by atoms with Gasteiger partial charge in [0.15, 0.2) is 5.34 Å². The summed E-state index contributed by atoms with van der Waals surface area (Å²) in [7, 11) is 0. The van der Waals surface area contributed by atoms with E-state index in [1.165, 1.54) is 19.3 Å². The van der Waals surface area contributed by atoms with Gasteiger partial charge in [0, 0.05) is 0 Å². The highest BCUT2D eigenvalue weighted by atomic mass is 16.7. The summed E-state index contributed by atoms with van der Waals surface area (Å²) in [5.74, 6) is 0. The minimum Gasteiger partial charge on any atom is -0.361 e. The van der Waals surface area contributed by atoms with Crippen molar-refractivity contribution in [2.75, 3.05) is 5.48 Å². The Morgan fingerprint density at radius 1 is 1.26 bits per heavy atom. The van der Waals surface area contributed by atoms with E-state index in [1.54, 1.807) is 12.1 Å². The van der Waals surface area contributed by atoms with Crippen molar-refractivity contribution in [1.82, 2.24) is 0 Å². The van der Waals surface area contributed by atoms with Crippen LogP contribution in [0.15, 0.2) is 35.7 Å². The van der Waals surface area contributed by atoms with E-state index in [0.717, 1.165) is 12.8 Å². The molecule has 0 aliphatic carbocycles. The molecule has 0 bridgehead atoms. The first-order valence-electron chi connectivity index (χ1n) is 6.68. The Balaban J connectivity index is 0.000000356. The summed E-state index contributed by atoms with van der Waals surface area (Å²) in [5.41, 5.74) is 2.74. The molecule has 5 heteroatoms. The molecule has 0 heterocycles. The zero-order valence-electron chi connectivity index (χ0n) is 11.7. The van der Waals surface area contributed by atoms with Gasteiger partial charge in [0.2, 0.25) is 0 Å². The molecule has 0 amide bonds. The van der Waals surface area contributed by atoms with E-state index in [1.807, 2.05) is 30.6 Å². The number of nitrogens with one attached hydrogen (secondary N) is 1. The summed E-state index contributed by atoms with van der Waals surface area (Å²) in [4.78, 5) is 14.1. The highest BCUT2D eigenvalue weighted by molar-refractivity contribution is 5.39. The third kappa shape index (κ3) is 11.2. The van der Waals surface area contributed by atoms with Crippen molar-refractivity contribution in [3.8, 4) is 0 Å². The minimum atomic E-state index is -0.00986. The lowest BCUT2D eigenvalue weighted by atomic mass is 10.1. The molecule has 1 atom stereocenters. The highest BCUT2D eigenvalue weighted by Gasteiger charge is 2.00. The van der Waals surface area contributed by atoms with Gasteiger partial charge >= 0.3 is 0 Å². The van der Waals surface area contributed by atoms with Crippen molar-refractivity contribution in [3.05, 3.63) is 35.2 Å². The number of anilines is 1. The van der Waals surface area contributed by atoms with Gasteiger partial charge in [-0.2, -0.15) is 0 Å². The van der Waals surface area contributed by atoms with E-state index in [2.05, 4.69) is 17.1 Å². The standard InChI is InChI=1S/C8H17NO2.C6H7NO/c1-3-4-5-6-7-8(2)11-9-10;8-7-6-4-2-1-3-5-6/h8H,3-7H2,1-2H3;1-5,7-8H. The molecular formula is C14H24N2O3. The van der Waals surface area contributed by atoms with Crippen LogP contribution in [-0.4, -0.2) is 11.3 Å². The van der Waals surface area contributed by atoms with E-state index in [9.17, 15) is 4.91 Å². The number of rotatable bonds is 8. The Morgan fingerprint density at radius 3 is 2.42 bits per heavy atom. The molecule has 1 aromatic carbocycles. The summed E-state index contributed by atoms with van der Waals surface area (Å²) in [6.45, 7) is 4.04. The molecule has 0 spiro atoms. The van der Waals surface area contributed by atoms with Gasteiger partial charge in [0.05, 0.1) is 5.69 Å². The second-order valence-corrected chi connectivity index (χ2v) is 4.32. The first-order chi connectivity index (χ1) is 9.24. The SMILES string of the molecule is CCCCCCC(C)ON=O.ONc1ccccc1. The maximum Gasteiger partial charge on any atom is 0.155 e. The van der Waals surface area contributed by atoms with Crippen molar-refractivity contribution in [1.29, 1.82) is 0 Å². The molecule has 0 aliphatic heterocycles. The fourth-order valence-corrected chi connectivity index (χ4v) is 1.50. The van der Waals surface area contributed by atoms with Gasteiger partial charge in [-0.15, -0.1) is 4.91 Å². The summed E-state index contributed by atoms with van der Waals surface area (Å²) in [6.07, 6.45) is 5.78. The van der Waals surface area contributed by atoms with Gasteiger partial charge in [0.1, 0.15) is 6.10 Å². The van der Waals surface area contributed by atoms with Crippen LogP contribution in [0.4, 0.5) is 5.69 Å². The van der Waals surface area contributed by atoms with Gasteiger partial charge in [0.25, 0.3) is 0 Å². The van der Waals surface area contributed by atoms with Crippen LogP contribution < -0.4 is 5.48 Å². The first kappa shape index (κ1) is 17.4. The van der Waals surface area contributed by atoms with Gasteiger partial charge < -0.3 is 4.84 Å². The monoisotopic (exact) mass is 268 g/mol. The van der Waals surface area contributed by atoms with Crippen LogP contribution in [0.3, 0.4) is 0 Å². The second-order valence-electron chi connectivity index (χ2n) is 4.32. The Labute approximate surface area is 114 Å². The Kier molecular flexibility index (Phi) is 11.7. The summed E-state index contributed by atoms with van der Waals surface area (Å²) in [5, 5.41) is 10.7. The fraction of sp³-hybridized carbons (Fsp3) is 0.571. The molecule has 2 N–H and O–H groups in total. The predicted octanol–water partition coefficient (Wildman–Crippen LogP) is 4.53. The van der Waals surface area contributed by atoms with Crippen molar-refractivity contribution < 1.29 is 10.0 Å². The number of hydrogen-bond donors (Lipinski definition) is 2. The zero-order valence-corrected chi connectivity index (χ0v) is 11.7. The third-order valence-electron chi connectivity index (χ3n) is 2.59. The first-order valence-corrected chi connectivity index (χ1v) is 6.68. The number of nitrogens with zero attached hydrogens (tertiary/aromatic N) is 1.